The lowest BCUT2D eigenvalue weighted by Gasteiger charge is -2.43. The fourth-order valence-electron chi connectivity index (χ4n) is 9.33. The third-order valence-electron chi connectivity index (χ3n) is 14.1. The van der Waals surface area contributed by atoms with Gasteiger partial charge in [0, 0.05) is 65.6 Å². The molecule has 2 aliphatic heterocycles. The summed E-state index contributed by atoms with van der Waals surface area (Å²) in [5.41, 5.74) is -2.20. The molecule has 26 heteroatoms. The Morgan fingerprint density at radius 2 is 1.13 bits per heavy atom. The summed E-state index contributed by atoms with van der Waals surface area (Å²) in [7, 11) is 0. The molecule has 0 spiro atoms. The van der Waals surface area contributed by atoms with E-state index in [9.17, 15) is 64.2 Å². The Labute approximate surface area is 457 Å². The number of aliphatic hydroxyl groups is 6. The van der Waals surface area contributed by atoms with Gasteiger partial charge in [0.15, 0.2) is 12.6 Å². The Morgan fingerprint density at radius 1 is 0.641 bits per heavy atom. The SMILES string of the molecule is CCNC(=O)CCOCC(COCCC(=O)NCC(CC)CC(C)(C)COC1OC(CO)C(O)C(O)C1NC(C)=O)(COCCC(=O)NCC1(C)CC1COC1OC(CO)C(O)C(O)C1NC(C)=O)NC(=O)CCCC(C)=O. The second-order valence-corrected chi connectivity index (χ2v) is 22.0. The highest BCUT2D eigenvalue weighted by atomic mass is 16.7. The van der Waals surface area contributed by atoms with E-state index < -0.39 is 103 Å². The van der Waals surface area contributed by atoms with Gasteiger partial charge in [0.1, 0.15) is 60.0 Å². The van der Waals surface area contributed by atoms with Crippen molar-refractivity contribution in [3.8, 4) is 0 Å². The van der Waals surface area contributed by atoms with E-state index >= 15 is 0 Å². The first kappa shape index (κ1) is 68.2. The van der Waals surface area contributed by atoms with E-state index in [1.807, 2.05) is 27.7 Å². The zero-order chi connectivity index (χ0) is 58.2. The molecule has 3 rings (SSSR count). The largest absolute Gasteiger partial charge is 0.394 e. The van der Waals surface area contributed by atoms with Gasteiger partial charge in [0.2, 0.25) is 35.4 Å². The fraction of sp³-hybridized carbons (Fsp3) is 0.865. The summed E-state index contributed by atoms with van der Waals surface area (Å²) in [6, 6.07) is -2.17. The number of hydrogen-bond acceptors (Lipinski definition) is 20. The Kier molecular flexibility index (Phi) is 29.4. The minimum Gasteiger partial charge on any atom is -0.394 e. The number of carbonyl (C=O) groups excluding carboxylic acids is 7. The molecule has 14 atom stereocenters. The van der Waals surface area contributed by atoms with Gasteiger partial charge in [-0.05, 0) is 55.8 Å². The molecule has 12 N–H and O–H groups in total. The van der Waals surface area contributed by atoms with Crippen LogP contribution in [0.25, 0.3) is 0 Å². The third-order valence-corrected chi connectivity index (χ3v) is 14.1. The standard InChI is InChI=1S/C52H92N6O20/c1-9-34(20-50(6,7)27-76-49-43(57-33(5)63)47(71)45(69)37(24-60)78-49)22-54-39(65)15-18-73-29-52(28-72-17-14-38(64)53-10-2,58-41(67)13-11-12-31(3)61)30-74-19-16-40(66)55-26-51(8)21-35(51)25-75-48-42(56-32(4)62)46(70)44(68)36(23-59)77-48/h34-37,42-49,59-60,68-71H,9-30H2,1-8H3,(H,53,64)(H,54,65)(H,55,66)(H,56,62)(H,57,63)(H,58,67). The predicted octanol–water partition coefficient (Wildman–Crippen LogP) is -2.42. The lowest BCUT2D eigenvalue weighted by molar-refractivity contribution is -0.275. The highest BCUT2D eigenvalue weighted by molar-refractivity contribution is 5.79. The summed E-state index contributed by atoms with van der Waals surface area (Å²) in [5.74, 6) is -2.34. The Morgan fingerprint density at radius 3 is 1.59 bits per heavy atom. The molecule has 26 nitrogen and oxygen atoms in total. The molecule has 6 amide bonds. The van der Waals surface area contributed by atoms with Crippen LogP contribution in [-0.4, -0.2) is 224 Å². The van der Waals surface area contributed by atoms with Crippen molar-refractivity contribution in [2.24, 2.45) is 22.7 Å². The zero-order valence-corrected chi connectivity index (χ0v) is 46.9. The summed E-state index contributed by atoms with van der Waals surface area (Å²) >= 11 is 0. The number of hydrogen-bond donors (Lipinski definition) is 12. The van der Waals surface area contributed by atoms with Crippen molar-refractivity contribution < 1.29 is 97.4 Å². The number of carbonyl (C=O) groups is 7. The highest BCUT2D eigenvalue weighted by Crippen LogP contribution is 2.52. The Hall–Kier alpha value is -4.03. The molecule has 14 unspecified atom stereocenters. The van der Waals surface area contributed by atoms with Crippen molar-refractivity contribution in [2.45, 2.75) is 180 Å². The molecule has 0 aromatic heterocycles. The zero-order valence-electron chi connectivity index (χ0n) is 46.9. The average Bonchev–Trinajstić information content (AvgIpc) is 4.04. The van der Waals surface area contributed by atoms with Crippen LogP contribution in [-0.2, 0) is 66.7 Å². The number of amides is 6. The van der Waals surface area contributed by atoms with Crippen LogP contribution in [0.2, 0.25) is 0 Å². The highest BCUT2D eigenvalue weighted by Gasteiger charge is 2.52. The maximum atomic E-state index is 13.4. The van der Waals surface area contributed by atoms with Crippen molar-refractivity contribution in [1.29, 1.82) is 0 Å². The number of ether oxygens (including phenoxy) is 7. The van der Waals surface area contributed by atoms with Crippen LogP contribution in [0, 0.1) is 22.7 Å². The van der Waals surface area contributed by atoms with Gasteiger partial charge in [0.25, 0.3) is 0 Å². The molecule has 0 aromatic rings. The van der Waals surface area contributed by atoms with E-state index in [0.717, 1.165) is 0 Å². The van der Waals surface area contributed by atoms with Crippen molar-refractivity contribution in [3.63, 3.8) is 0 Å². The molecule has 0 aromatic carbocycles. The van der Waals surface area contributed by atoms with Gasteiger partial charge in [-0.15, -0.1) is 0 Å². The van der Waals surface area contributed by atoms with Crippen molar-refractivity contribution in [3.05, 3.63) is 0 Å². The monoisotopic (exact) mass is 1120 g/mol. The molecule has 0 bridgehead atoms. The number of rotatable bonds is 38. The number of nitrogens with one attached hydrogen (secondary N) is 6. The molecule has 1 aliphatic carbocycles. The van der Waals surface area contributed by atoms with Crippen LogP contribution < -0.4 is 31.9 Å². The quantitative estimate of drug-likeness (QED) is 0.0286. The summed E-state index contributed by atoms with van der Waals surface area (Å²) in [6.45, 7) is 13.0. The first-order valence-corrected chi connectivity index (χ1v) is 27.2. The van der Waals surface area contributed by atoms with Crippen molar-refractivity contribution in [1.82, 2.24) is 31.9 Å². The van der Waals surface area contributed by atoms with Crippen LogP contribution in [0.1, 0.15) is 113 Å². The topological polar surface area (TPSA) is 378 Å². The van der Waals surface area contributed by atoms with Gasteiger partial charge in [-0.1, -0.05) is 34.1 Å². The van der Waals surface area contributed by atoms with Gasteiger partial charge < -0.3 is 100 Å². The number of aliphatic hydroxyl groups excluding tert-OH is 6. The molecule has 78 heavy (non-hydrogen) atoms. The molecular weight excluding hydrogens is 1030 g/mol. The molecule has 3 fully saturated rings. The summed E-state index contributed by atoms with van der Waals surface area (Å²) < 4.78 is 41.4. The molecule has 450 valence electrons. The van der Waals surface area contributed by atoms with Crippen LogP contribution in [0.15, 0.2) is 0 Å². The van der Waals surface area contributed by atoms with Gasteiger partial charge in [-0.3, -0.25) is 28.8 Å². The summed E-state index contributed by atoms with van der Waals surface area (Å²) in [6.07, 6.45) is -7.98. The van der Waals surface area contributed by atoms with Crippen LogP contribution in [0.4, 0.5) is 0 Å². The Bertz CT molecular complexity index is 1900. The second kappa shape index (κ2) is 33.7. The van der Waals surface area contributed by atoms with Gasteiger partial charge in [-0.25, -0.2) is 0 Å². The minimum absolute atomic E-state index is 0.00140. The van der Waals surface area contributed by atoms with Gasteiger partial charge >= 0.3 is 0 Å². The second-order valence-electron chi connectivity index (χ2n) is 22.0. The van der Waals surface area contributed by atoms with E-state index in [1.165, 1.54) is 20.8 Å². The molecular formula is C52H92N6O20. The van der Waals surface area contributed by atoms with E-state index in [2.05, 4.69) is 31.9 Å². The first-order valence-electron chi connectivity index (χ1n) is 27.2. The molecule has 1 saturated carbocycles. The fourth-order valence-corrected chi connectivity index (χ4v) is 9.33. The maximum Gasteiger partial charge on any atom is 0.222 e. The lowest BCUT2D eigenvalue weighted by Crippen LogP contribution is -2.64. The average molecular weight is 1120 g/mol. The molecule has 2 heterocycles. The summed E-state index contributed by atoms with van der Waals surface area (Å²) in [4.78, 5) is 87.3. The van der Waals surface area contributed by atoms with E-state index in [0.29, 0.717) is 38.9 Å². The van der Waals surface area contributed by atoms with Crippen LogP contribution in [0.5, 0.6) is 0 Å². The molecule has 3 aliphatic rings. The predicted molar refractivity (Wildman–Crippen MR) is 277 cm³/mol. The minimum atomic E-state index is -1.45. The van der Waals surface area contributed by atoms with Crippen molar-refractivity contribution >= 4 is 41.2 Å². The lowest BCUT2D eigenvalue weighted by atomic mass is 9.82. The number of Topliss-reactive ketones (excluding diaryl/α,β-unsaturated/α-hetero) is 1. The van der Waals surface area contributed by atoms with Crippen molar-refractivity contribution in [2.75, 3.05) is 85.7 Å². The maximum absolute atomic E-state index is 13.4. The van der Waals surface area contributed by atoms with Gasteiger partial charge in [0.05, 0.1) is 66.1 Å². The summed E-state index contributed by atoms with van der Waals surface area (Å²) in [5, 5.41) is 77.9. The smallest absolute Gasteiger partial charge is 0.222 e. The molecule has 0 radical (unpaired) electrons. The normalized spacial score (nSPS) is 28.1. The molecule has 2 saturated heterocycles. The van der Waals surface area contributed by atoms with Gasteiger partial charge in [-0.2, -0.15) is 0 Å². The van der Waals surface area contributed by atoms with E-state index in [1.54, 1.807) is 6.92 Å². The van der Waals surface area contributed by atoms with E-state index in [-0.39, 0.29) is 132 Å². The Balaban J connectivity index is 1.58. The first-order chi connectivity index (χ1) is 36.8. The third kappa shape index (κ3) is 23.6. The van der Waals surface area contributed by atoms with E-state index in [4.69, 9.17) is 33.2 Å². The van der Waals surface area contributed by atoms with Crippen LogP contribution in [0.3, 0.4) is 0 Å². The van der Waals surface area contributed by atoms with Crippen LogP contribution >= 0.6 is 0 Å². The number of ketones is 1.